The van der Waals surface area contributed by atoms with Crippen molar-refractivity contribution in [1.29, 1.82) is 5.26 Å². The van der Waals surface area contributed by atoms with Gasteiger partial charge in [0.2, 0.25) is 0 Å². The third-order valence-electron chi connectivity index (χ3n) is 4.42. The van der Waals surface area contributed by atoms with Crippen LogP contribution in [0, 0.1) is 18.3 Å². The molecule has 0 amide bonds. The van der Waals surface area contributed by atoms with E-state index in [4.69, 9.17) is 0 Å². The minimum absolute atomic E-state index is 0.359. The average Bonchev–Trinajstić information content (AvgIpc) is 3.10. The number of fused-ring (bicyclic) bond motifs is 2. The van der Waals surface area contributed by atoms with E-state index in [0.717, 1.165) is 47.7 Å². The molecule has 1 N–H and O–H groups in total. The number of nitrogens with zero attached hydrogens (tertiary/aromatic N) is 5. The summed E-state index contributed by atoms with van der Waals surface area (Å²) < 4.78 is 4.01. The number of hydrogen-bond donors (Lipinski definition) is 1. The van der Waals surface area contributed by atoms with Gasteiger partial charge in [-0.05, 0) is 25.5 Å². The van der Waals surface area contributed by atoms with Crippen LogP contribution in [0.15, 0.2) is 30.6 Å². The highest BCUT2D eigenvalue weighted by Crippen LogP contribution is 2.19. The first-order valence-electron chi connectivity index (χ1n) is 7.87. The molecule has 0 bridgehead atoms. The Bertz CT molecular complexity index is 898. The minimum Gasteiger partial charge on any atom is -0.322 e. The van der Waals surface area contributed by atoms with Crippen LogP contribution in [0.2, 0.25) is 0 Å². The van der Waals surface area contributed by atoms with Crippen molar-refractivity contribution in [1.82, 2.24) is 24.5 Å². The molecule has 1 aliphatic rings. The molecule has 116 valence electrons. The van der Waals surface area contributed by atoms with Crippen molar-refractivity contribution in [3.8, 4) is 6.07 Å². The van der Waals surface area contributed by atoms with Crippen LogP contribution in [0.3, 0.4) is 0 Å². The molecule has 6 nitrogen and oxygen atoms in total. The number of nitriles is 1. The third-order valence-corrected chi connectivity index (χ3v) is 4.42. The standard InChI is InChI=1S/C17H18N6/c1-12-20-17-6-5-14(11-23(17)21-12)19-9-13-10-22-7-3-2-4-16(22)15(13)8-18/h2-4,7,10,14,19H,5-6,9,11H2,1H3. The van der Waals surface area contributed by atoms with Gasteiger partial charge in [0, 0.05) is 37.0 Å². The fraction of sp³-hybridized carbons (Fsp3) is 0.353. The molecule has 3 aromatic rings. The van der Waals surface area contributed by atoms with Crippen molar-refractivity contribution in [3.63, 3.8) is 0 Å². The maximum absolute atomic E-state index is 9.46. The van der Waals surface area contributed by atoms with E-state index in [1.807, 2.05) is 46.6 Å². The topological polar surface area (TPSA) is 70.9 Å². The average molecular weight is 306 g/mol. The molecule has 1 atom stereocenters. The van der Waals surface area contributed by atoms with Gasteiger partial charge >= 0.3 is 0 Å². The van der Waals surface area contributed by atoms with Crippen molar-refractivity contribution in [2.24, 2.45) is 0 Å². The molecule has 4 rings (SSSR count). The van der Waals surface area contributed by atoms with Gasteiger partial charge < -0.3 is 9.72 Å². The molecular formula is C17H18N6. The Morgan fingerprint density at radius 1 is 1.43 bits per heavy atom. The Kier molecular flexibility index (Phi) is 3.36. The Labute approximate surface area is 134 Å². The number of pyridine rings is 1. The lowest BCUT2D eigenvalue weighted by atomic mass is 10.1. The highest BCUT2D eigenvalue weighted by Gasteiger charge is 2.21. The van der Waals surface area contributed by atoms with E-state index in [2.05, 4.69) is 21.5 Å². The van der Waals surface area contributed by atoms with Crippen LogP contribution in [-0.2, 0) is 19.5 Å². The zero-order chi connectivity index (χ0) is 15.8. The molecule has 0 fully saturated rings. The summed E-state index contributed by atoms with van der Waals surface area (Å²) in [6.45, 7) is 3.46. The lowest BCUT2D eigenvalue weighted by Gasteiger charge is -2.23. The summed E-state index contributed by atoms with van der Waals surface area (Å²) in [5.41, 5.74) is 2.76. The molecular weight excluding hydrogens is 288 g/mol. The van der Waals surface area contributed by atoms with Gasteiger partial charge in [0.05, 0.1) is 17.6 Å². The van der Waals surface area contributed by atoms with Crippen molar-refractivity contribution < 1.29 is 0 Å². The Morgan fingerprint density at radius 2 is 2.35 bits per heavy atom. The normalized spacial score (nSPS) is 17.1. The van der Waals surface area contributed by atoms with Crippen LogP contribution >= 0.6 is 0 Å². The summed E-state index contributed by atoms with van der Waals surface area (Å²) in [6.07, 6.45) is 6.01. The summed E-state index contributed by atoms with van der Waals surface area (Å²) in [4.78, 5) is 4.44. The highest BCUT2D eigenvalue weighted by atomic mass is 15.4. The summed E-state index contributed by atoms with van der Waals surface area (Å²) >= 11 is 0. The Hall–Kier alpha value is -2.65. The quantitative estimate of drug-likeness (QED) is 0.801. The number of aryl methyl sites for hydroxylation is 2. The SMILES string of the molecule is Cc1nc2n(n1)CC(NCc1cn3ccccc3c1C#N)CC2. The second-order valence-corrected chi connectivity index (χ2v) is 6.01. The molecule has 4 heterocycles. The molecule has 0 radical (unpaired) electrons. The predicted octanol–water partition coefficient (Wildman–Crippen LogP) is 1.82. The van der Waals surface area contributed by atoms with Crippen LogP contribution in [0.4, 0.5) is 0 Å². The van der Waals surface area contributed by atoms with Crippen molar-refractivity contribution in [2.45, 2.75) is 38.9 Å². The molecule has 3 aromatic heterocycles. The number of hydrogen-bond acceptors (Lipinski definition) is 4. The summed E-state index contributed by atoms with van der Waals surface area (Å²) in [5, 5.41) is 17.5. The van der Waals surface area contributed by atoms with Gasteiger partial charge in [-0.25, -0.2) is 9.67 Å². The zero-order valence-electron chi connectivity index (χ0n) is 13.0. The fourth-order valence-electron chi connectivity index (χ4n) is 3.30. The molecule has 6 heteroatoms. The van der Waals surface area contributed by atoms with Gasteiger partial charge in [0.1, 0.15) is 17.7 Å². The van der Waals surface area contributed by atoms with Gasteiger partial charge in [0.15, 0.2) is 0 Å². The van der Waals surface area contributed by atoms with Crippen LogP contribution in [0.1, 0.15) is 29.2 Å². The molecule has 23 heavy (non-hydrogen) atoms. The maximum atomic E-state index is 9.46. The van der Waals surface area contributed by atoms with Gasteiger partial charge in [-0.3, -0.25) is 0 Å². The largest absolute Gasteiger partial charge is 0.322 e. The monoisotopic (exact) mass is 306 g/mol. The molecule has 1 aliphatic heterocycles. The first kappa shape index (κ1) is 14.0. The summed E-state index contributed by atoms with van der Waals surface area (Å²) in [7, 11) is 0. The highest BCUT2D eigenvalue weighted by molar-refractivity contribution is 5.65. The molecule has 0 aromatic carbocycles. The second-order valence-electron chi connectivity index (χ2n) is 6.01. The van der Waals surface area contributed by atoms with Gasteiger partial charge in [-0.2, -0.15) is 10.4 Å². The van der Waals surface area contributed by atoms with Gasteiger partial charge in [-0.15, -0.1) is 0 Å². The predicted molar refractivity (Wildman–Crippen MR) is 85.8 cm³/mol. The number of rotatable bonds is 3. The first-order valence-corrected chi connectivity index (χ1v) is 7.87. The van der Waals surface area contributed by atoms with E-state index >= 15 is 0 Å². The molecule has 0 saturated carbocycles. The Morgan fingerprint density at radius 3 is 3.22 bits per heavy atom. The fourth-order valence-corrected chi connectivity index (χ4v) is 3.30. The lowest BCUT2D eigenvalue weighted by molar-refractivity contribution is 0.357. The second kappa shape index (κ2) is 5.52. The van der Waals surface area contributed by atoms with Crippen LogP contribution in [-0.4, -0.2) is 25.2 Å². The van der Waals surface area contributed by atoms with E-state index in [-0.39, 0.29) is 0 Å². The first-order chi connectivity index (χ1) is 11.2. The van der Waals surface area contributed by atoms with E-state index in [1.165, 1.54) is 0 Å². The van der Waals surface area contributed by atoms with E-state index in [9.17, 15) is 5.26 Å². The maximum Gasteiger partial charge on any atom is 0.147 e. The summed E-state index contributed by atoms with van der Waals surface area (Å²) in [6, 6.07) is 8.61. The lowest BCUT2D eigenvalue weighted by Crippen LogP contribution is -2.37. The van der Waals surface area contributed by atoms with Crippen molar-refractivity contribution in [3.05, 3.63) is 53.4 Å². The van der Waals surface area contributed by atoms with Gasteiger partial charge in [0.25, 0.3) is 0 Å². The smallest absolute Gasteiger partial charge is 0.147 e. The van der Waals surface area contributed by atoms with E-state index < -0.39 is 0 Å². The number of aromatic nitrogens is 4. The van der Waals surface area contributed by atoms with Crippen LogP contribution < -0.4 is 5.32 Å². The Balaban J connectivity index is 1.51. The summed E-state index contributed by atoms with van der Waals surface area (Å²) in [5.74, 6) is 1.92. The molecule has 0 spiro atoms. The van der Waals surface area contributed by atoms with Crippen molar-refractivity contribution >= 4 is 5.52 Å². The zero-order valence-corrected chi connectivity index (χ0v) is 13.0. The number of nitrogens with one attached hydrogen (secondary N) is 1. The molecule has 1 unspecified atom stereocenters. The molecule has 0 saturated heterocycles. The van der Waals surface area contributed by atoms with Crippen LogP contribution in [0.25, 0.3) is 5.52 Å². The van der Waals surface area contributed by atoms with Crippen LogP contribution in [0.5, 0.6) is 0 Å². The van der Waals surface area contributed by atoms with E-state index in [0.29, 0.717) is 12.6 Å². The third kappa shape index (κ3) is 2.49. The molecule has 0 aliphatic carbocycles. The van der Waals surface area contributed by atoms with Gasteiger partial charge in [-0.1, -0.05) is 6.07 Å². The minimum atomic E-state index is 0.359. The van der Waals surface area contributed by atoms with Crippen molar-refractivity contribution in [2.75, 3.05) is 0 Å². The van der Waals surface area contributed by atoms with E-state index in [1.54, 1.807) is 0 Å².